The number of amides is 2. The van der Waals surface area contributed by atoms with E-state index in [9.17, 15) is 14.4 Å². The van der Waals surface area contributed by atoms with Crippen LogP contribution in [0.4, 0.5) is 0 Å². The maximum atomic E-state index is 12.2. The summed E-state index contributed by atoms with van der Waals surface area (Å²) in [7, 11) is 0. The summed E-state index contributed by atoms with van der Waals surface area (Å²) < 4.78 is 6.38. The molecular formula is C16H16N4O4S. The van der Waals surface area contributed by atoms with Crippen LogP contribution in [0.2, 0.25) is 0 Å². The van der Waals surface area contributed by atoms with Crippen LogP contribution in [0, 0.1) is 0 Å². The second kappa shape index (κ2) is 7.75. The topological polar surface area (TPSA) is 106 Å². The molecule has 2 N–H and O–H groups in total. The van der Waals surface area contributed by atoms with E-state index in [-0.39, 0.29) is 42.6 Å². The van der Waals surface area contributed by atoms with Crippen molar-refractivity contribution in [1.29, 1.82) is 0 Å². The van der Waals surface area contributed by atoms with Crippen molar-refractivity contribution in [2.75, 3.05) is 13.1 Å². The number of hydrogen-bond acceptors (Lipinski definition) is 6. The number of furan rings is 1. The number of hydrogen-bond donors (Lipinski definition) is 2. The summed E-state index contributed by atoms with van der Waals surface area (Å²) in [6.45, 7) is 0.831. The first-order valence-electron chi connectivity index (χ1n) is 7.66. The average Bonchev–Trinajstić information content (AvgIpc) is 3.29. The predicted octanol–water partition coefficient (Wildman–Crippen LogP) is 0.987. The van der Waals surface area contributed by atoms with Crippen LogP contribution in [-0.4, -0.2) is 34.5 Å². The molecule has 3 heterocycles. The summed E-state index contributed by atoms with van der Waals surface area (Å²) in [5.41, 5.74) is -0.148. The number of nitrogens with one attached hydrogen (secondary N) is 2. The molecule has 0 aliphatic heterocycles. The quantitative estimate of drug-likeness (QED) is 0.611. The number of fused-ring (bicyclic) bond motifs is 1. The number of rotatable bonds is 7. The second-order valence-electron chi connectivity index (χ2n) is 5.22. The molecule has 3 aromatic rings. The zero-order chi connectivity index (χ0) is 17.6. The second-order valence-corrected chi connectivity index (χ2v) is 6.11. The molecule has 2 amide bonds. The Bertz CT molecular complexity index is 929. The molecule has 0 unspecified atom stereocenters. The van der Waals surface area contributed by atoms with E-state index in [0.29, 0.717) is 16.8 Å². The van der Waals surface area contributed by atoms with E-state index in [1.165, 1.54) is 28.5 Å². The molecule has 25 heavy (non-hydrogen) atoms. The molecule has 0 aliphatic rings. The van der Waals surface area contributed by atoms with Crippen molar-refractivity contribution >= 4 is 33.4 Å². The van der Waals surface area contributed by atoms with Crippen molar-refractivity contribution in [3.63, 3.8) is 0 Å². The number of aryl methyl sites for hydroxylation is 1. The Labute approximate surface area is 146 Å². The van der Waals surface area contributed by atoms with Crippen LogP contribution < -0.4 is 16.2 Å². The lowest BCUT2D eigenvalue weighted by molar-refractivity contribution is -0.121. The van der Waals surface area contributed by atoms with Crippen molar-refractivity contribution in [3.8, 4) is 0 Å². The molecule has 8 nitrogen and oxygen atoms in total. The molecule has 0 bridgehead atoms. The van der Waals surface area contributed by atoms with E-state index in [1.54, 1.807) is 18.2 Å². The molecule has 0 aromatic carbocycles. The van der Waals surface area contributed by atoms with Crippen molar-refractivity contribution in [2.45, 2.75) is 13.0 Å². The Morgan fingerprint density at radius 1 is 1.24 bits per heavy atom. The van der Waals surface area contributed by atoms with Gasteiger partial charge in [0.15, 0.2) is 5.76 Å². The zero-order valence-electron chi connectivity index (χ0n) is 13.2. The van der Waals surface area contributed by atoms with Crippen molar-refractivity contribution in [3.05, 3.63) is 52.3 Å². The minimum Gasteiger partial charge on any atom is -0.459 e. The molecule has 130 valence electrons. The highest BCUT2D eigenvalue weighted by Crippen LogP contribution is 2.13. The smallest absolute Gasteiger partial charge is 0.287 e. The van der Waals surface area contributed by atoms with Gasteiger partial charge in [-0.15, -0.1) is 11.3 Å². The number of carbonyl (C=O) groups excluding carboxylic acids is 2. The zero-order valence-corrected chi connectivity index (χ0v) is 14.0. The van der Waals surface area contributed by atoms with Gasteiger partial charge in [0.25, 0.3) is 11.5 Å². The fraction of sp³-hybridized carbons (Fsp3) is 0.250. The molecule has 9 heteroatoms. The Kier molecular flexibility index (Phi) is 5.24. The standard InChI is InChI=1S/C16H16N4O4S/c21-13(17-5-6-18-14(22)12-2-1-8-24-12)3-7-20-10-19-15-11(16(20)23)4-9-25-15/h1-2,4,8-10H,3,5-7H2,(H,17,21)(H,18,22). The summed E-state index contributed by atoms with van der Waals surface area (Å²) in [6.07, 6.45) is 3.03. The van der Waals surface area contributed by atoms with Gasteiger partial charge in [-0.05, 0) is 23.6 Å². The summed E-state index contributed by atoms with van der Waals surface area (Å²) in [4.78, 5) is 40.5. The minimum absolute atomic E-state index is 0.148. The van der Waals surface area contributed by atoms with E-state index >= 15 is 0 Å². The first-order chi connectivity index (χ1) is 12.1. The third-order valence-corrected chi connectivity index (χ3v) is 4.33. The van der Waals surface area contributed by atoms with Gasteiger partial charge in [0.1, 0.15) is 4.83 Å². The van der Waals surface area contributed by atoms with Crippen molar-refractivity contribution in [1.82, 2.24) is 20.2 Å². The molecule has 0 fully saturated rings. The largest absolute Gasteiger partial charge is 0.459 e. The number of carbonyl (C=O) groups is 2. The predicted molar refractivity (Wildman–Crippen MR) is 92.5 cm³/mol. The lowest BCUT2D eigenvalue weighted by Gasteiger charge is -2.07. The van der Waals surface area contributed by atoms with Gasteiger partial charge in [-0.25, -0.2) is 4.98 Å². The number of aromatic nitrogens is 2. The van der Waals surface area contributed by atoms with Gasteiger partial charge in [0.05, 0.1) is 18.0 Å². The highest BCUT2D eigenvalue weighted by molar-refractivity contribution is 7.16. The van der Waals surface area contributed by atoms with E-state index in [2.05, 4.69) is 15.6 Å². The van der Waals surface area contributed by atoms with Crippen LogP contribution in [0.15, 0.2) is 45.4 Å². The Balaban J connectivity index is 1.41. The lowest BCUT2D eigenvalue weighted by atomic mass is 10.3. The molecule has 0 aliphatic carbocycles. The highest BCUT2D eigenvalue weighted by Gasteiger charge is 2.09. The van der Waals surface area contributed by atoms with Crippen LogP contribution in [0.1, 0.15) is 17.0 Å². The molecule has 0 spiro atoms. The van der Waals surface area contributed by atoms with E-state index in [1.807, 2.05) is 5.38 Å². The first-order valence-corrected chi connectivity index (χ1v) is 8.54. The number of nitrogens with zero attached hydrogens (tertiary/aromatic N) is 2. The van der Waals surface area contributed by atoms with Crippen LogP contribution in [0.25, 0.3) is 10.2 Å². The van der Waals surface area contributed by atoms with Gasteiger partial charge in [-0.2, -0.15) is 0 Å². The average molecular weight is 360 g/mol. The third-order valence-electron chi connectivity index (χ3n) is 3.51. The van der Waals surface area contributed by atoms with Crippen LogP contribution >= 0.6 is 11.3 Å². The molecule has 0 radical (unpaired) electrons. The maximum absolute atomic E-state index is 12.2. The lowest BCUT2D eigenvalue weighted by Crippen LogP contribution is -2.35. The normalized spacial score (nSPS) is 10.7. The molecule has 0 atom stereocenters. The summed E-state index contributed by atoms with van der Waals surface area (Å²) in [6, 6.07) is 4.92. The molecule has 3 rings (SSSR count). The fourth-order valence-corrected chi connectivity index (χ4v) is 2.96. The van der Waals surface area contributed by atoms with Crippen LogP contribution in [0.3, 0.4) is 0 Å². The molecule has 0 saturated carbocycles. The van der Waals surface area contributed by atoms with Crippen LogP contribution in [0.5, 0.6) is 0 Å². The van der Waals surface area contributed by atoms with Gasteiger partial charge in [-0.1, -0.05) is 0 Å². The van der Waals surface area contributed by atoms with E-state index in [0.717, 1.165) is 0 Å². The molecular weight excluding hydrogens is 344 g/mol. The van der Waals surface area contributed by atoms with Crippen LogP contribution in [-0.2, 0) is 11.3 Å². The Morgan fingerprint density at radius 2 is 2.08 bits per heavy atom. The maximum Gasteiger partial charge on any atom is 0.287 e. The van der Waals surface area contributed by atoms with Gasteiger partial charge < -0.3 is 15.1 Å². The summed E-state index contributed by atoms with van der Waals surface area (Å²) >= 11 is 1.40. The summed E-state index contributed by atoms with van der Waals surface area (Å²) in [5.74, 6) is -0.312. The van der Waals surface area contributed by atoms with Gasteiger partial charge in [0.2, 0.25) is 5.91 Å². The first kappa shape index (κ1) is 16.9. The third kappa shape index (κ3) is 4.13. The molecule has 0 saturated heterocycles. The minimum atomic E-state index is -0.332. The van der Waals surface area contributed by atoms with Gasteiger partial charge in [-0.3, -0.25) is 19.0 Å². The van der Waals surface area contributed by atoms with Crippen molar-refractivity contribution in [2.24, 2.45) is 0 Å². The van der Waals surface area contributed by atoms with Gasteiger partial charge in [0, 0.05) is 26.1 Å². The fourth-order valence-electron chi connectivity index (χ4n) is 2.24. The summed E-state index contributed by atoms with van der Waals surface area (Å²) in [5, 5.41) is 7.69. The van der Waals surface area contributed by atoms with E-state index in [4.69, 9.17) is 4.42 Å². The number of thiophene rings is 1. The van der Waals surface area contributed by atoms with Gasteiger partial charge >= 0.3 is 0 Å². The Hall–Kier alpha value is -2.94. The molecule has 3 aromatic heterocycles. The monoisotopic (exact) mass is 360 g/mol. The van der Waals surface area contributed by atoms with E-state index < -0.39 is 0 Å². The Morgan fingerprint density at radius 3 is 2.88 bits per heavy atom. The van der Waals surface area contributed by atoms with Crippen molar-refractivity contribution < 1.29 is 14.0 Å². The SMILES string of the molecule is O=C(CCn1cnc2sccc2c1=O)NCCNC(=O)c1ccco1. The highest BCUT2D eigenvalue weighted by atomic mass is 32.1.